The summed E-state index contributed by atoms with van der Waals surface area (Å²) in [5, 5.41) is 2.30. The molecular weight excluding hydrogens is 261 g/mol. The monoisotopic (exact) mass is 265 g/mol. The number of halogens is 4. The minimum absolute atomic E-state index is 0.0633. The van der Waals surface area contributed by atoms with Crippen LogP contribution in [0.1, 0.15) is 5.56 Å². The van der Waals surface area contributed by atoms with Gasteiger partial charge in [-0.2, -0.15) is 0 Å². The van der Waals surface area contributed by atoms with Gasteiger partial charge in [-0.15, -0.1) is 24.5 Å². The topological polar surface area (TPSA) is 9.23 Å². The lowest BCUT2D eigenvalue weighted by Gasteiger charge is -2.10. The molecule has 1 heterocycles. The second kappa shape index (κ2) is 3.82. The Morgan fingerprint density at radius 1 is 1.31 bits per heavy atom. The predicted octanol–water partition coefficient (Wildman–Crippen LogP) is 4.64. The third kappa shape index (κ3) is 2.25. The van der Waals surface area contributed by atoms with Crippen molar-refractivity contribution < 1.29 is 17.9 Å². The van der Waals surface area contributed by atoms with Crippen molar-refractivity contribution in [2.24, 2.45) is 0 Å². The zero-order valence-electron chi connectivity index (χ0n) is 7.77. The molecule has 2 aromatic rings. The summed E-state index contributed by atoms with van der Waals surface area (Å²) in [6.45, 7) is 3.71. The van der Waals surface area contributed by atoms with Gasteiger partial charge in [-0.05, 0) is 35.4 Å². The van der Waals surface area contributed by atoms with E-state index in [1.807, 2.05) is 0 Å². The number of hydrogen-bond acceptors (Lipinski definition) is 2. The van der Waals surface area contributed by atoms with Crippen molar-refractivity contribution >= 4 is 33.0 Å². The lowest BCUT2D eigenvalue weighted by Crippen LogP contribution is -2.17. The number of benzene rings is 1. The summed E-state index contributed by atoms with van der Waals surface area (Å²) in [5.74, 6) is -0.398. The van der Waals surface area contributed by atoms with Crippen LogP contribution in [0, 0.1) is 6.92 Å². The molecule has 0 aliphatic heterocycles. The van der Waals surface area contributed by atoms with Gasteiger partial charge >= 0.3 is 6.36 Å². The molecule has 0 aliphatic carbocycles. The van der Waals surface area contributed by atoms with E-state index in [0.717, 1.165) is 4.70 Å². The van der Waals surface area contributed by atoms with Crippen molar-refractivity contribution in [3.05, 3.63) is 35.0 Å². The maximum absolute atomic E-state index is 12.1. The summed E-state index contributed by atoms with van der Waals surface area (Å²) in [6.07, 6.45) is -4.74. The highest BCUT2D eigenvalue weighted by Crippen LogP contribution is 2.37. The molecule has 6 heteroatoms. The van der Waals surface area contributed by atoms with Gasteiger partial charge in [-0.3, -0.25) is 0 Å². The van der Waals surface area contributed by atoms with Crippen LogP contribution in [0.5, 0.6) is 5.75 Å². The Balaban J connectivity index is 2.53. The zero-order chi connectivity index (χ0) is 11.9. The number of fused-ring (bicyclic) bond motifs is 1. The molecular formula is C10H5ClF3OS. The number of thiophene rings is 1. The van der Waals surface area contributed by atoms with Gasteiger partial charge in [0.25, 0.3) is 0 Å². The van der Waals surface area contributed by atoms with Crippen LogP contribution < -0.4 is 4.74 Å². The predicted molar refractivity (Wildman–Crippen MR) is 58.0 cm³/mol. The summed E-state index contributed by atoms with van der Waals surface area (Å²) in [4.78, 5) is 0. The van der Waals surface area contributed by atoms with Gasteiger partial charge in [-0.1, -0.05) is 11.6 Å². The maximum atomic E-state index is 12.1. The normalized spacial score (nSPS) is 12.1. The Morgan fingerprint density at radius 2 is 2.00 bits per heavy atom. The van der Waals surface area contributed by atoms with Crippen LogP contribution in [0.2, 0.25) is 5.02 Å². The summed E-state index contributed by atoms with van der Waals surface area (Å²) >= 11 is 7.05. The lowest BCUT2D eigenvalue weighted by molar-refractivity contribution is -0.274. The van der Waals surface area contributed by atoms with Crippen LogP contribution >= 0.6 is 22.9 Å². The molecule has 0 amide bonds. The number of hydrogen-bond donors (Lipinski definition) is 0. The van der Waals surface area contributed by atoms with Crippen molar-refractivity contribution in [1.29, 1.82) is 0 Å². The molecule has 1 radical (unpaired) electrons. The van der Waals surface area contributed by atoms with E-state index in [0.29, 0.717) is 10.9 Å². The van der Waals surface area contributed by atoms with Crippen LogP contribution in [0.15, 0.2) is 17.5 Å². The Bertz CT molecular complexity index is 533. The molecule has 2 rings (SSSR count). The second-order valence-corrected chi connectivity index (χ2v) is 4.41. The minimum Gasteiger partial charge on any atom is -0.404 e. The van der Waals surface area contributed by atoms with Crippen molar-refractivity contribution in [2.75, 3.05) is 0 Å². The first-order valence-electron chi connectivity index (χ1n) is 4.15. The zero-order valence-corrected chi connectivity index (χ0v) is 9.34. The maximum Gasteiger partial charge on any atom is 0.573 e. The molecule has 0 N–H and O–H groups in total. The fourth-order valence-corrected chi connectivity index (χ4v) is 2.45. The Kier molecular flexibility index (Phi) is 2.75. The molecule has 0 atom stereocenters. The Hall–Kier alpha value is -0.940. The molecule has 1 aromatic carbocycles. The van der Waals surface area contributed by atoms with Gasteiger partial charge in [0.2, 0.25) is 0 Å². The van der Waals surface area contributed by atoms with Crippen LogP contribution in [-0.4, -0.2) is 6.36 Å². The van der Waals surface area contributed by atoms with Crippen LogP contribution in [0.3, 0.4) is 0 Å². The average molecular weight is 266 g/mol. The quantitative estimate of drug-likeness (QED) is 0.730. The average Bonchev–Trinajstić information content (AvgIpc) is 2.46. The van der Waals surface area contributed by atoms with Crippen molar-refractivity contribution in [2.45, 2.75) is 6.36 Å². The standard InChI is InChI=1S/C10H5ClF3OS/c1-5-4-16-9-3-7(11)8(2-6(5)9)15-10(12,13)14/h2-4H,1H2. The summed E-state index contributed by atoms with van der Waals surface area (Å²) < 4.78 is 40.8. The van der Waals surface area contributed by atoms with Gasteiger partial charge in [0.1, 0.15) is 5.75 Å². The first kappa shape index (κ1) is 11.5. The van der Waals surface area contributed by atoms with Gasteiger partial charge in [0.05, 0.1) is 5.02 Å². The second-order valence-electron chi connectivity index (χ2n) is 3.09. The molecule has 0 fully saturated rings. The molecule has 0 saturated heterocycles. The van der Waals surface area contributed by atoms with E-state index in [9.17, 15) is 13.2 Å². The van der Waals surface area contributed by atoms with E-state index >= 15 is 0 Å². The van der Waals surface area contributed by atoms with Crippen molar-refractivity contribution in [1.82, 2.24) is 0 Å². The number of alkyl halides is 3. The molecule has 85 valence electrons. The first-order chi connectivity index (χ1) is 7.37. The molecule has 0 aliphatic rings. The number of ether oxygens (including phenoxy) is 1. The molecule has 0 saturated carbocycles. The van der Waals surface area contributed by atoms with Crippen molar-refractivity contribution in [3.63, 3.8) is 0 Å². The third-order valence-electron chi connectivity index (χ3n) is 1.93. The molecule has 0 bridgehead atoms. The Labute approximate surface area is 98.4 Å². The minimum atomic E-state index is -4.74. The number of rotatable bonds is 1. The van der Waals surface area contributed by atoms with Crippen molar-refractivity contribution in [3.8, 4) is 5.75 Å². The first-order valence-corrected chi connectivity index (χ1v) is 5.41. The molecule has 16 heavy (non-hydrogen) atoms. The Morgan fingerprint density at radius 3 is 2.62 bits per heavy atom. The molecule has 1 aromatic heterocycles. The largest absolute Gasteiger partial charge is 0.573 e. The van der Waals surface area contributed by atoms with Crippen LogP contribution in [-0.2, 0) is 0 Å². The SMILES string of the molecule is [CH2]c1csc2cc(Cl)c(OC(F)(F)F)cc12. The van der Waals surface area contributed by atoms with E-state index in [4.69, 9.17) is 11.6 Å². The highest BCUT2D eigenvalue weighted by molar-refractivity contribution is 7.17. The third-order valence-corrected chi connectivity index (χ3v) is 3.22. The van der Waals surface area contributed by atoms with Gasteiger partial charge in [0, 0.05) is 4.70 Å². The smallest absolute Gasteiger partial charge is 0.404 e. The van der Waals surface area contributed by atoms with Gasteiger partial charge < -0.3 is 4.74 Å². The van der Waals surface area contributed by atoms with E-state index in [2.05, 4.69) is 11.7 Å². The lowest BCUT2D eigenvalue weighted by atomic mass is 10.2. The fourth-order valence-electron chi connectivity index (χ4n) is 1.28. The van der Waals surface area contributed by atoms with E-state index in [-0.39, 0.29) is 5.02 Å². The van der Waals surface area contributed by atoms with E-state index in [1.165, 1.54) is 23.5 Å². The summed E-state index contributed by atoms with van der Waals surface area (Å²) in [5.41, 5.74) is 0.656. The molecule has 1 nitrogen and oxygen atoms in total. The van der Waals surface area contributed by atoms with E-state index < -0.39 is 12.1 Å². The molecule has 0 spiro atoms. The van der Waals surface area contributed by atoms with Crippen LogP contribution in [0.25, 0.3) is 10.1 Å². The summed E-state index contributed by atoms with van der Waals surface area (Å²) in [6, 6.07) is 2.70. The fraction of sp³-hybridized carbons (Fsp3) is 0.100. The summed E-state index contributed by atoms with van der Waals surface area (Å²) in [7, 11) is 0. The van der Waals surface area contributed by atoms with E-state index in [1.54, 1.807) is 5.38 Å². The van der Waals surface area contributed by atoms with Crippen LogP contribution in [0.4, 0.5) is 13.2 Å². The van der Waals surface area contributed by atoms with Gasteiger partial charge in [-0.25, -0.2) is 0 Å². The highest BCUT2D eigenvalue weighted by Gasteiger charge is 2.32. The van der Waals surface area contributed by atoms with Gasteiger partial charge in [0.15, 0.2) is 0 Å². The highest BCUT2D eigenvalue weighted by atomic mass is 35.5. The molecule has 0 unspecified atom stereocenters.